The number of nitrogens with one attached hydrogen (secondary N) is 1. The molecule has 1 unspecified atom stereocenters. The zero-order chi connectivity index (χ0) is 26.5. The van der Waals surface area contributed by atoms with Crippen molar-refractivity contribution in [2.45, 2.75) is 50.2 Å². The van der Waals surface area contributed by atoms with E-state index in [0.717, 1.165) is 16.9 Å². The first-order valence-electron chi connectivity index (χ1n) is 11.8. The van der Waals surface area contributed by atoms with Crippen LogP contribution in [0.4, 0.5) is 4.79 Å². The van der Waals surface area contributed by atoms with Gasteiger partial charge in [0.1, 0.15) is 17.4 Å². The van der Waals surface area contributed by atoms with Crippen molar-refractivity contribution in [3.63, 3.8) is 0 Å². The average Bonchev–Trinajstić information content (AvgIpc) is 2.86. The quantitative estimate of drug-likeness (QED) is 0.555. The fourth-order valence-electron chi connectivity index (χ4n) is 4.05. The number of nitrogens with zero attached hydrogens (tertiary/aromatic N) is 1. The predicted molar refractivity (Wildman–Crippen MR) is 135 cm³/mol. The highest BCUT2D eigenvalue weighted by atomic mass is 32.2. The second-order valence-corrected chi connectivity index (χ2v) is 11.4. The molecule has 196 valence electrons. The van der Waals surface area contributed by atoms with Gasteiger partial charge in [-0.05, 0) is 74.9 Å². The van der Waals surface area contributed by atoms with Crippen molar-refractivity contribution < 1.29 is 32.2 Å². The normalized spacial score (nSPS) is 15.8. The third-order valence-corrected chi connectivity index (χ3v) is 7.44. The maximum Gasteiger partial charge on any atom is 0.410 e. The largest absolute Gasteiger partial charge is 0.497 e. The Bertz CT molecular complexity index is 1150. The SMILES string of the molecule is COC(=O)C(NS(=O)(=O)c1ccc(-c2ccc(OC)cc2)cc1)C1CCN(C(=O)OC(C)(C)C)CC1. The van der Waals surface area contributed by atoms with Crippen molar-refractivity contribution >= 4 is 22.1 Å². The van der Waals surface area contributed by atoms with Gasteiger partial charge in [0.15, 0.2) is 0 Å². The lowest BCUT2D eigenvalue weighted by Gasteiger charge is -2.35. The Morgan fingerprint density at radius 1 is 0.944 bits per heavy atom. The minimum Gasteiger partial charge on any atom is -0.497 e. The summed E-state index contributed by atoms with van der Waals surface area (Å²) in [4.78, 5) is 26.5. The maximum absolute atomic E-state index is 13.1. The minimum atomic E-state index is -4.00. The first kappa shape index (κ1) is 27.5. The molecule has 1 heterocycles. The monoisotopic (exact) mass is 518 g/mol. The van der Waals surface area contributed by atoms with E-state index in [1.807, 2.05) is 24.3 Å². The molecule has 1 N–H and O–H groups in total. The van der Waals surface area contributed by atoms with Gasteiger partial charge in [-0.3, -0.25) is 4.79 Å². The Balaban J connectivity index is 1.70. The summed E-state index contributed by atoms with van der Waals surface area (Å²) in [5.41, 5.74) is 1.15. The first-order chi connectivity index (χ1) is 16.9. The lowest BCUT2D eigenvalue weighted by molar-refractivity contribution is -0.144. The summed E-state index contributed by atoms with van der Waals surface area (Å²) in [6.07, 6.45) is 0.434. The van der Waals surface area contributed by atoms with Crippen LogP contribution in [0.25, 0.3) is 11.1 Å². The van der Waals surface area contributed by atoms with E-state index in [2.05, 4.69) is 4.72 Å². The summed E-state index contributed by atoms with van der Waals surface area (Å²) in [6, 6.07) is 12.8. The predicted octanol–water partition coefficient (Wildman–Crippen LogP) is 3.83. The number of benzene rings is 2. The van der Waals surface area contributed by atoms with Gasteiger partial charge in [-0.15, -0.1) is 0 Å². The topological polar surface area (TPSA) is 111 Å². The molecule has 1 amide bonds. The van der Waals surface area contributed by atoms with Gasteiger partial charge >= 0.3 is 12.1 Å². The molecule has 0 saturated carbocycles. The number of amides is 1. The van der Waals surface area contributed by atoms with Crippen molar-refractivity contribution in [1.82, 2.24) is 9.62 Å². The van der Waals surface area contributed by atoms with Crippen LogP contribution in [0.15, 0.2) is 53.4 Å². The van der Waals surface area contributed by atoms with E-state index in [1.54, 1.807) is 44.9 Å². The van der Waals surface area contributed by atoms with Crippen LogP contribution < -0.4 is 9.46 Å². The van der Waals surface area contributed by atoms with E-state index in [0.29, 0.717) is 25.9 Å². The van der Waals surface area contributed by atoms with Crippen LogP contribution in [0, 0.1) is 5.92 Å². The highest BCUT2D eigenvalue weighted by Crippen LogP contribution is 2.26. The van der Waals surface area contributed by atoms with E-state index in [-0.39, 0.29) is 10.8 Å². The third kappa shape index (κ3) is 6.98. The smallest absolute Gasteiger partial charge is 0.410 e. The van der Waals surface area contributed by atoms with E-state index < -0.39 is 33.7 Å². The van der Waals surface area contributed by atoms with E-state index in [9.17, 15) is 18.0 Å². The zero-order valence-electron chi connectivity index (χ0n) is 21.3. The number of piperidine rings is 1. The molecule has 0 bridgehead atoms. The number of hydrogen-bond acceptors (Lipinski definition) is 7. The molecular weight excluding hydrogens is 484 g/mol. The third-order valence-electron chi connectivity index (χ3n) is 5.99. The van der Waals surface area contributed by atoms with Crippen molar-refractivity contribution in [2.75, 3.05) is 27.3 Å². The molecule has 1 saturated heterocycles. The molecule has 1 atom stereocenters. The van der Waals surface area contributed by atoms with Crippen LogP contribution >= 0.6 is 0 Å². The van der Waals surface area contributed by atoms with E-state index >= 15 is 0 Å². The minimum absolute atomic E-state index is 0.0415. The number of ether oxygens (including phenoxy) is 3. The summed E-state index contributed by atoms with van der Waals surface area (Å²) >= 11 is 0. The van der Waals surface area contributed by atoms with Crippen molar-refractivity contribution in [3.8, 4) is 16.9 Å². The maximum atomic E-state index is 13.1. The van der Waals surface area contributed by atoms with Crippen molar-refractivity contribution in [1.29, 1.82) is 0 Å². The standard InChI is InChI=1S/C26H34N2O7S/c1-26(2,3)35-25(30)28-16-14-20(15-17-28)23(24(29)34-5)27-36(31,32)22-12-8-19(9-13-22)18-6-10-21(33-4)11-7-18/h6-13,20,23,27H,14-17H2,1-5H3. The molecule has 1 fully saturated rings. The molecule has 0 radical (unpaired) electrons. The average molecular weight is 519 g/mol. The number of carbonyl (C=O) groups excluding carboxylic acids is 2. The lowest BCUT2D eigenvalue weighted by atomic mass is 9.90. The molecule has 2 aromatic rings. The van der Waals surface area contributed by atoms with Gasteiger partial charge < -0.3 is 19.1 Å². The Hall–Kier alpha value is -3.11. The van der Waals surface area contributed by atoms with Crippen LogP contribution in [-0.2, 0) is 24.3 Å². The van der Waals surface area contributed by atoms with Crippen LogP contribution in [0.2, 0.25) is 0 Å². The molecule has 0 aliphatic carbocycles. The van der Waals surface area contributed by atoms with Gasteiger partial charge in [0.05, 0.1) is 19.1 Å². The summed E-state index contributed by atoms with van der Waals surface area (Å²) in [6.45, 7) is 6.09. The molecular formula is C26H34N2O7S. The molecule has 1 aliphatic heterocycles. The number of carbonyl (C=O) groups is 2. The van der Waals surface area contributed by atoms with Gasteiger partial charge in [0, 0.05) is 13.1 Å². The molecule has 9 nitrogen and oxygen atoms in total. The van der Waals surface area contributed by atoms with E-state index in [4.69, 9.17) is 14.2 Å². The molecule has 10 heteroatoms. The summed E-state index contributed by atoms with van der Waals surface area (Å²) in [5.74, 6) is -0.262. The lowest BCUT2D eigenvalue weighted by Crippen LogP contribution is -2.51. The second kappa shape index (κ2) is 11.3. The van der Waals surface area contributed by atoms with Crippen LogP contribution in [-0.4, -0.2) is 64.3 Å². The zero-order valence-corrected chi connectivity index (χ0v) is 22.1. The van der Waals surface area contributed by atoms with Crippen molar-refractivity contribution in [3.05, 3.63) is 48.5 Å². The van der Waals surface area contributed by atoms with Crippen LogP contribution in [0.3, 0.4) is 0 Å². The molecule has 1 aliphatic rings. The Kier molecular flexibility index (Phi) is 8.63. The second-order valence-electron chi connectivity index (χ2n) is 9.68. The molecule has 2 aromatic carbocycles. The fraction of sp³-hybridized carbons (Fsp3) is 0.462. The Morgan fingerprint density at radius 2 is 1.47 bits per heavy atom. The van der Waals surface area contributed by atoms with Gasteiger partial charge in [0.25, 0.3) is 0 Å². The molecule has 36 heavy (non-hydrogen) atoms. The summed E-state index contributed by atoms with van der Waals surface area (Å²) < 4.78 is 44.3. The highest BCUT2D eigenvalue weighted by Gasteiger charge is 2.37. The van der Waals surface area contributed by atoms with Gasteiger partial charge in [0.2, 0.25) is 10.0 Å². The molecule has 0 aromatic heterocycles. The number of sulfonamides is 1. The number of hydrogen-bond donors (Lipinski definition) is 1. The van der Waals surface area contributed by atoms with Gasteiger partial charge in [-0.1, -0.05) is 24.3 Å². The Labute approximate surface area is 212 Å². The van der Waals surface area contributed by atoms with Gasteiger partial charge in [-0.25, -0.2) is 13.2 Å². The van der Waals surface area contributed by atoms with Crippen molar-refractivity contribution in [2.24, 2.45) is 5.92 Å². The molecule has 0 spiro atoms. The molecule has 3 rings (SSSR count). The number of likely N-dealkylation sites (tertiary alicyclic amines) is 1. The summed E-state index contributed by atoms with van der Waals surface area (Å²) in [5, 5.41) is 0. The highest BCUT2D eigenvalue weighted by molar-refractivity contribution is 7.89. The fourth-order valence-corrected chi connectivity index (χ4v) is 5.30. The van der Waals surface area contributed by atoms with Gasteiger partial charge in [-0.2, -0.15) is 4.72 Å². The number of esters is 1. The van der Waals surface area contributed by atoms with E-state index in [1.165, 1.54) is 19.2 Å². The summed E-state index contributed by atoms with van der Waals surface area (Å²) in [7, 11) is -1.19. The number of methoxy groups -OCH3 is 2. The first-order valence-corrected chi connectivity index (χ1v) is 13.2. The number of rotatable bonds is 7. The van der Waals surface area contributed by atoms with Crippen LogP contribution in [0.1, 0.15) is 33.6 Å². The van der Waals surface area contributed by atoms with Crippen LogP contribution in [0.5, 0.6) is 5.75 Å². The Morgan fingerprint density at radius 3 is 1.94 bits per heavy atom.